The first-order valence-electron chi connectivity index (χ1n) is 7.13. The number of aliphatic hydroxyl groups is 1. The molecule has 21 heavy (non-hydrogen) atoms. The minimum atomic E-state index is -0.597. The molecule has 0 saturated heterocycles. The van der Waals surface area contributed by atoms with Gasteiger partial charge in [-0.05, 0) is 36.1 Å². The molecular formula is C17H16O4. The van der Waals surface area contributed by atoms with Gasteiger partial charge in [-0.1, -0.05) is 24.3 Å². The molecule has 1 N–H and O–H groups in total. The van der Waals surface area contributed by atoms with Crippen molar-refractivity contribution in [2.24, 2.45) is 0 Å². The van der Waals surface area contributed by atoms with Gasteiger partial charge < -0.3 is 19.3 Å². The molecule has 1 aliphatic carbocycles. The van der Waals surface area contributed by atoms with Gasteiger partial charge in [0.05, 0.1) is 0 Å². The molecule has 2 aliphatic rings. The molecule has 4 rings (SSSR count). The Morgan fingerprint density at radius 1 is 1.05 bits per heavy atom. The van der Waals surface area contributed by atoms with Crippen LogP contribution in [0.25, 0.3) is 0 Å². The lowest BCUT2D eigenvalue weighted by molar-refractivity contribution is 0.0229. The molecule has 1 aliphatic heterocycles. The fourth-order valence-corrected chi connectivity index (χ4v) is 2.95. The number of hydrogen-bond donors (Lipinski definition) is 1. The maximum absolute atomic E-state index is 10.5. The predicted octanol–water partition coefficient (Wildman–Crippen LogP) is 2.84. The SMILES string of the molecule is OC1c2ccccc2CCC1Oc1ccc2c(c1)OCO2. The minimum absolute atomic E-state index is 0.236. The third-order valence-corrected chi connectivity index (χ3v) is 4.06. The quantitative estimate of drug-likeness (QED) is 0.921. The van der Waals surface area contributed by atoms with E-state index in [4.69, 9.17) is 14.2 Å². The number of fused-ring (bicyclic) bond motifs is 2. The summed E-state index contributed by atoms with van der Waals surface area (Å²) in [6.45, 7) is 0.248. The Morgan fingerprint density at radius 3 is 2.86 bits per heavy atom. The van der Waals surface area contributed by atoms with Gasteiger partial charge in [-0.3, -0.25) is 0 Å². The predicted molar refractivity (Wildman–Crippen MR) is 76.7 cm³/mol. The monoisotopic (exact) mass is 284 g/mol. The van der Waals surface area contributed by atoms with E-state index in [2.05, 4.69) is 6.07 Å². The molecule has 2 unspecified atom stereocenters. The van der Waals surface area contributed by atoms with Crippen LogP contribution in [-0.2, 0) is 6.42 Å². The Morgan fingerprint density at radius 2 is 1.90 bits per heavy atom. The number of benzene rings is 2. The highest BCUT2D eigenvalue weighted by atomic mass is 16.7. The third-order valence-electron chi connectivity index (χ3n) is 4.06. The summed E-state index contributed by atoms with van der Waals surface area (Å²) in [7, 11) is 0. The molecule has 1 heterocycles. The first kappa shape index (κ1) is 12.5. The van der Waals surface area contributed by atoms with E-state index in [0.29, 0.717) is 11.5 Å². The van der Waals surface area contributed by atoms with Crippen LogP contribution < -0.4 is 14.2 Å². The van der Waals surface area contributed by atoms with Crippen LogP contribution in [0.4, 0.5) is 0 Å². The van der Waals surface area contributed by atoms with Crippen LogP contribution in [0.15, 0.2) is 42.5 Å². The van der Waals surface area contributed by atoms with E-state index in [0.717, 1.165) is 24.2 Å². The Kier molecular flexibility index (Phi) is 2.97. The zero-order valence-corrected chi connectivity index (χ0v) is 11.5. The highest BCUT2D eigenvalue weighted by molar-refractivity contribution is 5.47. The Labute approximate surface area is 122 Å². The van der Waals surface area contributed by atoms with E-state index in [1.54, 1.807) is 0 Å². The number of hydrogen-bond acceptors (Lipinski definition) is 4. The van der Waals surface area contributed by atoms with Gasteiger partial charge in [0, 0.05) is 6.07 Å². The zero-order chi connectivity index (χ0) is 14.2. The Balaban J connectivity index is 1.56. The van der Waals surface area contributed by atoms with Crippen molar-refractivity contribution in [1.29, 1.82) is 0 Å². The number of rotatable bonds is 2. The lowest BCUT2D eigenvalue weighted by Gasteiger charge is -2.30. The Hall–Kier alpha value is -2.20. The molecule has 0 bridgehead atoms. The van der Waals surface area contributed by atoms with Gasteiger partial charge in [0.25, 0.3) is 0 Å². The van der Waals surface area contributed by atoms with E-state index in [1.807, 2.05) is 36.4 Å². The van der Waals surface area contributed by atoms with E-state index in [1.165, 1.54) is 5.56 Å². The largest absolute Gasteiger partial charge is 0.487 e. The van der Waals surface area contributed by atoms with Crippen molar-refractivity contribution in [3.8, 4) is 17.2 Å². The third kappa shape index (κ3) is 2.21. The van der Waals surface area contributed by atoms with Crippen LogP contribution in [0.1, 0.15) is 23.7 Å². The molecule has 0 fully saturated rings. The summed E-state index contributed by atoms with van der Waals surface area (Å²) in [5.74, 6) is 2.12. The zero-order valence-electron chi connectivity index (χ0n) is 11.5. The fraction of sp³-hybridized carbons (Fsp3) is 0.294. The number of aliphatic hydroxyl groups excluding tert-OH is 1. The Bertz CT molecular complexity index is 668. The van der Waals surface area contributed by atoms with Crippen molar-refractivity contribution in [2.75, 3.05) is 6.79 Å². The first-order valence-corrected chi connectivity index (χ1v) is 7.13. The second-order valence-corrected chi connectivity index (χ2v) is 5.35. The molecule has 108 valence electrons. The van der Waals surface area contributed by atoms with E-state index in [-0.39, 0.29) is 12.9 Å². The van der Waals surface area contributed by atoms with Crippen molar-refractivity contribution in [3.63, 3.8) is 0 Å². The normalized spacial score (nSPS) is 22.7. The molecule has 0 radical (unpaired) electrons. The summed E-state index contributed by atoms with van der Waals surface area (Å²) in [6.07, 6.45) is 0.885. The van der Waals surface area contributed by atoms with Crippen LogP contribution in [-0.4, -0.2) is 18.0 Å². The smallest absolute Gasteiger partial charge is 0.231 e. The topological polar surface area (TPSA) is 47.9 Å². The van der Waals surface area contributed by atoms with Gasteiger partial charge in [0.15, 0.2) is 11.5 Å². The second-order valence-electron chi connectivity index (χ2n) is 5.35. The van der Waals surface area contributed by atoms with Gasteiger partial charge >= 0.3 is 0 Å². The minimum Gasteiger partial charge on any atom is -0.487 e. The lowest BCUT2D eigenvalue weighted by atomic mass is 9.87. The molecule has 2 atom stereocenters. The molecule has 4 nitrogen and oxygen atoms in total. The van der Waals surface area contributed by atoms with Crippen molar-refractivity contribution >= 4 is 0 Å². The fourth-order valence-electron chi connectivity index (χ4n) is 2.95. The maximum Gasteiger partial charge on any atom is 0.231 e. The number of aryl methyl sites for hydroxylation is 1. The molecule has 0 amide bonds. The summed E-state index contributed by atoms with van der Waals surface area (Å²) in [5, 5.41) is 10.5. The molecule has 0 spiro atoms. The van der Waals surface area contributed by atoms with Crippen LogP contribution >= 0.6 is 0 Å². The second kappa shape index (κ2) is 4.97. The average Bonchev–Trinajstić information content (AvgIpc) is 2.98. The summed E-state index contributed by atoms with van der Waals surface area (Å²) in [6, 6.07) is 13.5. The van der Waals surface area contributed by atoms with Gasteiger partial charge in [0.1, 0.15) is 18.0 Å². The van der Waals surface area contributed by atoms with E-state index >= 15 is 0 Å². The molecule has 0 aromatic heterocycles. The number of ether oxygens (including phenoxy) is 3. The molecule has 0 saturated carbocycles. The first-order chi connectivity index (χ1) is 10.3. The van der Waals surface area contributed by atoms with Crippen molar-refractivity contribution in [2.45, 2.75) is 25.0 Å². The van der Waals surface area contributed by atoms with Gasteiger partial charge in [-0.2, -0.15) is 0 Å². The van der Waals surface area contributed by atoms with Crippen LogP contribution in [0.5, 0.6) is 17.2 Å². The summed E-state index contributed by atoms with van der Waals surface area (Å²) in [4.78, 5) is 0. The van der Waals surface area contributed by atoms with Crippen LogP contribution in [0, 0.1) is 0 Å². The van der Waals surface area contributed by atoms with Crippen LogP contribution in [0.3, 0.4) is 0 Å². The van der Waals surface area contributed by atoms with Crippen molar-refractivity contribution < 1.29 is 19.3 Å². The van der Waals surface area contributed by atoms with E-state index < -0.39 is 6.10 Å². The summed E-state index contributed by atoms with van der Waals surface area (Å²) in [5.41, 5.74) is 2.17. The van der Waals surface area contributed by atoms with Gasteiger partial charge in [-0.15, -0.1) is 0 Å². The summed E-state index contributed by atoms with van der Waals surface area (Å²) >= 11 is 0. The van der Waals surface area contributed by atoms with Crippen molar-refractivity contribution in [1.82, 2.24) is 0 Å². The maximum atomic E-state index is 10.5. The highest BCUT2D eigenvalue weighted by Gasteiger charge is 2.29. The van der Waals surface area contributed by atoms with Gasteiger partial charge in [-0.25, -0.2) is 0 Å². The highest BCUT2D eigenvalue weighted by Crippen LogP contribution is 2.37. The van der Waals surface area contributed by atoms with Gasteiger partial charge in [0.2, 0.25) is 6.79 Å². The van der Waals surface area contributed by atoms with E-state index in [9.17, 15) is 5.11 Å². The van der Waals surface area contributed by atoms with Crippen LogP contribution in [0.2, 0.25) is 0 Å². The molecular weight excluding hydrogens is 268 g/mol. The molecule has 4 heteroatoms. The van der Waals surface area contributed by atoms with Crippen molar-refractivity contribution in [3.05, 3.63) is 53.6 Å². The molecule has 2 aromatic carbocycles. The molecule has 2 aromatic rings. The summed E-state index contributed by atoms with van der Waals surface area (Å²) < 4.78 is 16.6. The average molecular weight is 284 g/mol. The lowest BCUT2D eigenvalue weighted by Crippen LogP contribution is -2.30. The standard InChI is InChI=1S/C17H16O4/c18-17-13-4-2-1-3-11(13)5-7-15(17)21-12-6-8-14-16(9-12)20-10-19-14/h1-4,6,8-9,15,17-18H,5,7,10H2.